The molecule has 0 aliphatic rings. The van der Waals surface area contributed by atoms with Gasteiger partial charge in [-0.15, -0.1) is 0 Å². The molecule has 35 heavy (non-hydrogen) atoms. The lowest BCUT2D eigenvalue weighted by Crippen LogP contribution is -2.31. The van der Waals surface area contributed by atoms with E-state index in [2.05, 4.69) is 15.7 Å². The average molecular weight is 472 g/mol. The van der Waals surface area contributed by atoms with Crippen LogP contribution < -0.4 is 10.6 Å². The molecule has 176 valence electrons. The van der Waals surface area contributed by atoms with Crippen LogP contribution in [0.1, 0.15) is 38.9 Å². The first kappa shape index (κ1) is 23.4. The zero-order valence-corrected chi connectivity index (χ0v) is 18.4. The zero-order chi connectivity index (χ0) is 24.8. The lowest BCUT2D eigenvalue weighted by Gasteiger charge is -2.17. The van der Waals surface area contributed by atoms with Gasteiger partial charge in [-0.2, -0.15) is 5.10 Å². The highest BCUT2D eigenvalue weighted by atomic mass is 19.1. The summed E-state index contributed by atoms with van der Waals surface area (Å²) >= 11 is 0. The van der Waals surface area contributed by atoms with Crippen molar-refractivity contribution in [3.63, 3.8) is 0 Å². The number of benzene rings is 3. The van der Waals surface area contributed by atoms with Crippen LogP contribution in [0.2, 0.25) is 0 Å². The monoisotopic (exact) mass is 472 g/mol. The van der Waals surface area contributed by atoms with Crippen molar-refractivity contribution >= 4 is 23.6 Å². The number of para-hydroxylation sites is 1. The molecule has 0 aliphatic carbocycles. The second-order valence-electron chi connectivity index (χ2n) is 7.63. The quantitative estimate of drug-likeness (QED) is 0.356. The maximum absolute atomic E-state index is 14.3. The molecule has 4 aromatic rings. The minimum absolute atomic E-state index is 0.0448. The number of hydrogen-bond donors (Lipinski definition) is 3. The number of rotatable bonds is 8. The molecule has 8 nitrogen and oxygen atoms in total. The van der Waals surface area contributed by atoms with Crippen molar-refractivity contribution in [3.8, 4) is 5.69 Å². The van der Waals surface area contributed by atoms with E-state index in [4.69, 9.17) is 0 Å². The molecule has 0 radical (unpaired) electrons. The van der Waals surface area contributed by atoms with Crippen molar-refractivity contribution in [1.29, 1.82) is 0 Å². The second kappa shape index (κ2) is 10.4. The molecule has 4 rings (SSSR count). The normalized spacial score (nSPS) is 11.5. The van der Waals surface area contributed by atoms with Gasteiger partial charge in [-0.3, -0.25) is 14.4 Å². The Hall–Kier alpha value is -4.79. The Bertz CT molecular complexity index is 1360. The molecule has 0 saturated carbocycles. The molecule has 0 fully saturated rings. The highest BCUT2D eigenvalue weighted by Crippen LogP contribution is 2.23. The van der Waals surface area contributed by atoms with Gasteiger partial charge in [0.1, 0.15) is 11.6 Å². The number of aromatic nitrogens is 2. The smallest absolute Gasteiger partial charge is 0.305 e. The minimum Gasteiger partial charge on any atom is -0.481 e. The Labute approximate surface area is 200 Å². The van der Waals surface area contributed by atoms with Gasteiger partial charge in [-0.25, -0.2) is 9.07 Å². The van der Waals surface area contributed by atoms with Gasteiger partial charge in [-0.05, 0) is 30.3 Å². The summed E-state index contributed by atoms with van der Waals surface area (Å²) < 4.78 is 15.7. The van der Waals surface area contributed by atoms with E-state index in [9.17, 15) is 23.9 Å². The summed E-state index contributed by atoms with van der Waals surface area (Å²) in [6.45, 7) is 0. The van der Waals surface area contributed by atoms with Crippen LogP contribution in [-0.4, -0.2) is 32.7 Å². The molecule has 0 saturated heterocycles. The van der Waals surface area contributed by atoms with Gasteiger partial charge in [0.05, 0.1) is 18.2 Å². The molecule has 0 bridgehead atoms. The standard InChI is InChI=1S/C26H21FN4O4/c27-20-14-8-7-13-19(20)21(16-24(32)33)28-26(35)22-15-23(29-25(34)17-9-3-1-4-10-17)31(30-22)18-11-5-2-6-12-18/h1-15,21H,16H2,(H,28,35)(H,29,34)(H,32,33)/t21-/m0/s1. The maximum Gasteiger partial charge on any atom is 0.305 e. The van der Waals surface area contributed by atoms with E-state index in [1.165, 1.54) is 28.9 Å². The number of carbonyl (C=O) groups is 3. The fourth-order valence-corrected chi connectivity index (χ4v) is 3.53. The average Bonchev–Trinajstić information content (AvgIpc) is 3.28. The van der Waals surface area contributed by atoms with Crippen LogP contribution >= 0.6 is 0 Å². The third-order valence-corrected chi connectivity index (χ3v) is 5.19. The van der Waals surface area contributed by atoms with Crippen molar-refractivity contribution in [2.75, 3.05) is 5.32 Å². The van der Waals surface area contributed by atoms with E-state index >= 15 is 0 Å². The van der Waals surface area contributed by atoms with Crippen LogP contribution in [0.25, 0.3) is 5.69 Å². The van der Waals surface area contributed by atoms with Gasteiger partial charge in [0.25, 0.3) is 11.8 Å². The number of hydrogen-bond acceptors (Lipinski definition) is 4. The minimum atomic E-state index is -1.20. The van der Waals surface area contributed by atoms with E-state index in [-0.39, 0.29) is 17.1 Å². The van der Waals surface area contributed by atoms with Crippen molar-refractivity contribution in [2.24, 2.45) is 0 Å². The van der Waals surface area contributed by atoms with Gasteiger partial charge in [0, 0.05) is 17.2 Å². The summed E-state index contributed by atoms with van der Waals surface area (Å²) in [5, 5.41) is 18.9. The molecule has 0 spiro atoms. The lowest BCUT2D eigenvalue weighted by molar-refractivity contribution is -0.137. The molecule has 1 atom stereocenters. The number of carbonyl (C=O) groups excluding carboxylic acids is 2. The number of nitrogens with zero attached hydrogens (tertiary/aromatic N) is 2. The van der Waals surface area contributed by atoms with Gasteiger partial charge in [0.15, 0.2) is 5.69 Å². The first-order valence-corrected chi connectivity index (χ1v) is 10.7. The molecule has 3 aromatic carbocycles. The van der Waals surface area contributed by atoms with Crippen LogP contribution in [0.15, 0.2) is 91.0 Å². The third kappa shape index (κ3) is 5.59. The number of nitrogens with one attached hydrogen (secondary N) is 2. The second-order valence-corrected chi connectivity index (χ2v) is 7.63. The van der Waals surface area contributed by atoms with Crippen molar-refractivity contribution in [3.05, 3.63) is 114 Å². The van der Waals surface area contributed by atoms with Crippen LogP contribution in [0.5, 0.6) is 0 Å². The maximum atomic E-state index is 14.3. The fourth-order valence-electron chi connectivity index (χ4n) is 3.53. The van der Waals surface area contributed by atoms with Crippen molar-refractivity contribution in [1.82, 2.24) is 15.1 Å². The molecular formula is C26H21FN4O4. The molecule has 0 aliphatic heterocycles. The zero-order valence-electron chi connectivity index (χ0n) is 18.4. The highest BCUT2D eigenvalue weighted by molar-refractivity contribution is 6.04. The molecular weight excluding hydrogens is 451 g/mol. The highest BCUT2D eigenvalue weighted by Gasteiger charge is 2.24. The first-order valence-electron chi connectivity index (χ1n) is 10.7. The summed E-state index contributed by atoms with van der Waals surface area (Å²) in [5.74, 6) is -2.72. The Morgan fingerprint density at radius 2 is 1.51 bits per heavy atom. The Morgan fingerprint density at radius 1 is 0.886 bits per heavy atom. The van der Waals surface area contributed by atoms with Gasteiger partial charge < -0.3 is 15.7 Å². The van der Waals surface area contributed by atoms with Crippen molar-refractivity contribution < 1.29 is 23.9 Å². The van der Waals surface area contributed by atoms with E-state index in [0.29, 0.717) is 11.3 Å². The molecule has 9 heteroatoms. The summed E-state index contributed by atoms with van der Waals surface area (Å²) in [6.07, 6.45) is -0.524. The number of aliphatic carboxylic acids is 1. The Kier molecular flexibility index (Phi) is 6.96. The predicted octanol–water partition coefficient (Wildman–Crippen LogP) is 4.21. The van der Waals surface area contributed by atoms with Gasteiger partial charge in [-0.1, -0.05) is 54.6 Å². The number of carboxylic acids is 1. The lowest BCUT2D eigenvalue weighted by atomic mass is 10.0. The molecule has 2 amide bonds. The molecule has 1 heterocycles. The number of halogens is 1. The third-order valence-electron chi connectivity index (χ3n) is 5.19. The van der Waals surface area contributed by atoms with Gasteiger partial charge >= 0.3 is 5.97 Å². The topological polar surface area (TPSA) is 113 Å². The predicted molar refractivity (Wildman–Crippen MR) is 127 cm³/mol. The van der Waals surface area contributed by atoms with Crippen LogP contribution in [0.3, 0.4) is 0 Å². The van der Waals surface area contributed by atoms with Crippen LogP contribution in [0.4, 0.5) is 10.2 Å². The molecule has 3 N–H and O–H groups in total. The SMILES string of the molecule is O=C(O)C[C@H](NC(=O)c1cc(NC(=O)c2ccccc2)n(-c2ccccc2)n1)c1ccccc1F. The van der Waals surface area contributed by atoms with Crippen molar-refractivity contribution in [2.45, 2.75) is 12.5 Å². The largest absolute Gasteiger partial charge is 0.481 e. The summed E-state index contributed by atoms with van der Waals surface area (Å²) in [5.41, 5.74) is 0.971. The summed E-state index contributed by atoms with van der Waals surface area (Å²) in [4.78, 5) is 37.2. The van der Waals surface area contributed by atoms with E-state index < -0.39 is 36.1 Å². The Balaban J connectivity index is 1.66. The van der Waals surface area contributed by atoms with E-state index in [0.717, 1.165) is 0 Å². The number of carboxylic acid groups (broad SMARTS) is 1. The molecule has 1 aromatic heterocycles. The number of anilines is 1. The fraction of sp³-hybridized carbons (Fsp3) is 0.0769. The van der Waals surface area contributed by atoms with Gasteiger partial charge in [0.2, 0.25) is 0 Å². The summed E-state index contributed by atoms with van der Waals surface area (Å²) in [7, 11) is 0. The first-order chi connectivity index (χ1) is 16.9. The van der Waals surface area contributed by atoms with Crippen LogP contribution in [0, 0.1) is 5.82 Å². The summed E-state index contributed by atoms with van der Waals surface area (Å²) in [6, 6.07) is 23.3. The Morgan fingerprint density at radius 3 is 2.17 bits per heavy atom. The van der Waals surface area contributed by atoms with Crippen LogP contribution in [-0.2, 0) is 4.79 Å². The van der Waals surface area contributed by atoms with E-state index in [1.54, 1.807) is 60.7 Å². The number of amides is 2. The molecule has 0 unspecified atom stereocenters. The van der Waals surface area contributed by atoms with E-state index in [1.807, 2.05) is 6.07 Å².